The molecule has 0 amide bonds. The van der Waals surface area contributed by atoms with Gasteiger partial charge in [0.15, 0.2) is 6.29 Å². The Morgan fingerprint density at radius 3 is 2.44 bits per heavy atom. The minimum absolute atomic E-state index is 0.0858. The molecule has 3 heteroatoms. The van der Waals surface area contributed by atoms with Crippen LogP contribution in [0.15, 0.2) is 18.2 Å². The van der Waals surface area contributed by atoms with E-state index in [-0.39, 0.29) is 11.7 Å². The van der Waals surface area contributed by atoms with E-state index in [1.165, 1.54) is 0 Å². The van der Waals surface area contributed by atoms with Gasteiger partial charge in [-0.25, -0.2) is 0 Å². The maximum absolute atomic E-state index is 9.44. The van der Waals surface area contributed by atoms with Gasteiger partial charge in [0, 0.05) is 11.0 Å². The van der Waals surface area contributed by atoms with Gasteiger partial charge in [-0.15, -0.1) is 0 Å². The van der Waals surface area contributed by atoms with Crippen LogP contribution in [0.25, 0.3) is 0 Å². The van der Waals surface area contributed by atoms with Crippen LogP contribution in [0.4, 0.5) is 0 Å². The molecule has 1 aliphatic heterocycles. The lowest BCUT2D eigenvalue weighted by molar-refractivity contribution is -0.226. The van der Waals surface area contributed by atoms with E-state index in [0.29, 0.717) is 19.0 Å². The summed E-state index contributed by atoms with van der Waals surface area (Å²) in [6.45, 7) is 7.48. The van der Waals surface area contributed by atoms with Crippen LogP contribution in [0.3, 0.4) is 0 Å². The fourth-order valence-corrected chi connectivity index (χ4v) is 1.71. The number of ether oxygens (including phenoxy) is 2. The van der Waals surface area contributed by atoms with Crippen molar-refractivity contribution in [2.45, 2.75) is 27.1 Å². The molecule has 0 saturated carbocycles. The zero-order chi connectivity index (χ0) is 11.8. The average Bonchev–Trinajstić information content (AvgIpc) is 2.22. The highest BCUT2D eigenvalue weighted by atomic mass is 16.7. The Hall–Kier alpha value is -1.06. The summed E-state index contributed by atoms with van der Waals surface area (Å²) in [6, 6.07) is 5.42. The van der Waals surface area contributed by atoms with Gasteiger partial charge >= 0.3 is 0 Å². The Morgan fingerprint density at radius 1 is 1.25 bits per heavy atom. The lowest BCUT2D eigenvalue weighted by atomic mass is 9.95. The molecule has 1 aliphatic rings. The minimum atomic E-state index is -0.299. The third-order valence-corrected chi connectivity index (χ3v) is 2.74. The molecule has 1 aromatic carbocycles. The molecule has 0 aromatic heterocycles. The topological polar surface area (TPSA) is 38.7 Å². The average molecular weight is 222 g/mol. The molecule has 1 saturated heterocycles. The summed E-state index contributed by atoms with van der Waals surface area (Å²) in [5.41, 5.74) is 1.89. The molecule has 1 N–H and O–H groups in total. The standard InChI is InChI=1S/C13H18O3/c1-9-6-10(4-5-11(9)14)12-15-7-13(2,3)8-16-12/h4-6,12,14H,7-8H2,1-3H3. The molecule has 16 heavy (non-hydrogen) atoms. The van der Waals surface area contributed by atoms with Gasteiger partial charge in [-0.1, -0.05) is 19.9 Å². The number of benzene rings is 1. The summed E-state index contributed by atoms with van der Waals surface area (Å²) in [5.74, 6) is 0.305. The first kappa shape index (κ1) is 11.4. The molecule has 1 aromatic rings. The third-order valence-electron chi connectivity index (χ3n) is 2.74. The van der Waals surface area contributed by atoms with Crippen LogP contribution in [-0.4, -0.2) is 18.3 Å². The van der Waals surface area contributed by atoms with Crippen molar-refractivity contribution in [1.29, 1.82) is 0 Å². The fourth-order valence-electron chi connectivity index (χ4n) is 1.71. The van der Waals surface area contributed by atoms with Gasteiger partial charge in [-0.05, 0) is 24.6 Å². The predicted octanol–water partition coefficient (Wildman–Crippen LogP) is 2.77. The molecule has 2 rings (SSSR count). The monoisotopic (exact) mass is 222 g/mol. The molecule has 0 aliphatic carbocycles. The van der Waals surface area contributed by atoms with Crippen LogP contribution in [0.1, 0.15) is 31.3 Å². The predicted molar refractivity (Wildman–Crippen MR) is 61.3 cm³/mol. The first-order chi connectivity index (χ1) is 7.48. The summed E-state index contributed by atoms with van der Waals surface area (Å²) >= 11 is 0. The summed E-state index contributed by atoms with van der Waals surface area (Å²) in [5, 5.41) is 9.44. The van der Waals surface area contributed by atoms with Gasteiger partial charge in [-0.2, -0.15) is 0 Å². The number of phenols is 1. The van der Waals surface area contributed by atoms with E-state index >= 15 is 0 Å². The number of phenolic OH excluding ortho intramolecular Hbond substituents is 1. The van der Waals surface area contributed by atoms with Crippen molar-refractivity contribution in [2.75, 3.05) is 13.2 Å². The second-order valence-corrected chi connectivity index (χ2v) is 5.16. The number of rotatable bonds is 1. The Kier molecular flexibility index (Phi) is 2.91. The highest BCUT2D eigenvalue weighted by Crippen LogP contribution is 2.32. The number of aryl methyl sites for hydroxylation is 1. The molecular formula is C13H18O3. The van der Waals surface area contributed by atoms with Gasteiger partial charge in [0.05, 0.1) is 13.2 Å². The zero-order valence-electron chi connectivity index (χ0n) is 9.99. The minimum Gasteiger partial charge on any atom is -0.508 e. The lowest BCUT2D eigenvalue weighted by Crippen LogP contribution is -2.33. The van der Waals surface area contributed by atoms with Gasteiger partial charge < -0.3 is 14.6 Å². The molecule has 0 unspecified atom stereocenters. The second kappa shape index (κ2) is 4.07. The van der Waals surface area contributed by atoms with E-state index in [9.17, 15) is 5.11 Å². The zero-order valence-corrected chi connectivity index (χ0v) is 9.99. The maximum Gasteiger partial charge on any atom is 0.183 e. The summed E-state index contributed by atoms with van der Waals surface area (Å²) < 4.78 is 11.3. The van der Waals surface area contributed by atoms with E-state index in [1.807, 2.05) is 19.1 Å². The molecule has 0 radical (unpaired) electrons. The van der Waals surface area contributed by atoms with Crippen LogP contribution in [-0.2, 0) is 9.47 Å². The van der Waals surface area contributed by atoms with Crippen molar-refractivity contribution < 1.29 is 14.6 Å². The summed E-state index contributed by atoms with van der Waals surface area (Å²) in [4.78, 5) is 0. The smallest absolute Gasteiger partial charge is 0.183 e. The third kappa shape index (κ3) is 2.36. The van der Waals surface area contributed by atoms with Crippen LogP contribution < -0.4 is 0 Å². The molecule has 0 bridgehead atoms. The van der Waals surface area contributed by atoms with Crippen molar-refractivity contribution in [3.63, 3.8) is 0 Å². The van der Waals surface area contributed by atoms with Gasteiger partial charge in [0.1, 0.15) is 5.75 Å². The van der Waals surface area contributed by atoms with Crippen molar-refractivity contribution in [3.05, 3.63) is 29.3 Å². The Bertz CT molecular complexity index is 375. The van der Waals surface area contributed by atoms with E-state index < -0.39 is 0 Å². The van der Waals surface area contributed by atoms with Crippen molar-refractivity contribution >= 4 is 0 Å². The molecule has 1 fully saturated rings. The molecule has 0 spiro atoms. The van der Waals surface area contributed by atoms with E-state index in [1.54, 1.807) is 6.07 Å². The normalized spacial score (nSPS) is 20.9. The first-order valence-electron chi connectivity index (χ1n) is 5.51. The Balaban J connectivity index is 2.11. The Labute approximate surface area is 96.0 Å². The molecule has 3 nitrogen and oxygen atoms in total. The number of hydrogen-bond donors (Lipinski definition) is 1. The second-order valence-electron chi connectivity index (χ2n) is 5.16. The van der Waals surface area contributed by atoms with Gasteiger partial charge in [0.2, 0.25) is 0 Å². The maximum atomic E-state index is 9.44. The quantitative estimate of drug-likeness (QED) is 0.794. The largest absolute Gasteiger partial charge is 0.508 e. The highest BCUT2D eigenvalue weighted by molar-refractivity contribution is 5.35. The fraction of sp³-hybridized carbons (Fsp3) is 0.538. The molecule has 88 valence electrons. The van der Waals surface area contributed by atoms with Crippen molar-refractivity contribution in [1.82, 2.24) is 0 Å². The van der Waals surface area contributed by atoms with Gasteiger partial charge in [0.25, 0.3) is 0 Å². The van der Waals surface area contributed by atoms with Crippen LogP contribution >= 0.6 is 0 Å². The molecular weight excluding hydrogens is 204 g/mol. The Morgan fingerprint density at radius 2 is 1.88 bits per heavy atom. The van der Waals surface area contributed by atoms with E-state index in [0.717, 1.165) is 11.1 Å². The van der Waals surface area contributed by atoms with Gasteiger partial charge in [-0.3, -0.25) is 0 Å². The summed E-state index contributed by atoms with van der Waals surface area (Å²) in [6.07, 6.45) is -0.299. The lowest BCUT2D eigenvalue weighted by Gasteiger charge is -2.34. The first-order valence-corrected chi connectivity index (χ1v) is 5.51. The van der Waals surface area contributed by atoms with Crippen LogP contribution in [0, 0.1) is 12.3 Å². The molecule has 1 heterocycles. The van der Waals surface area contributed by atoms with Crippen molar-refractivity contribution in [2.24, 2.45) is 5.41 Å². The number of hydrogen-bond acceptors (Lipinski definition) is 3. The van der Waals surface area contributed by atoms with Crippen LogP contribution in [0.2, 0.25) is 0 Å². The SMILES string of the molecule is Cc1cc(C2OCC(C)(C)CO2)ccc1O. The van der Waals surface area contributed by atoms with E-state index in [4.69, 9.17) is 9.47 Å². The molecule has 0 atom stereocenters. The van der Waals surface area contributed by atoms with E-state index in [2.05, 4.69) is 13.8 Å². The van der Waals surface area contributed by atoms with Crippen molar-refractivity contribution in [3.8, 4) is 5.75 Å². The highest BCUT2D eigenvalue weighted by Gasteiger charge is 2.29. The van der Waals surface area contributed by atoms with Crippen LogP contribution in [0.5, 0.6) is 5.75 Å². The number of aromatic hydroxyl groups is 1. The summed E-state index contributed by atoms with van der Waals surface area (Å²) in [7, 11) is 0.